The van der Waals surface area contributed by atoms with E-state index in [4.69, 9.17) is 14.5 Å². The van der Waals surface area contributed by atoms with Crippen LogP contribution in [0.15, 0.2) is 55.1 Å². The summed E-state index contributed by atoms with van der Waals surface area (Å²) in [4.78, 5) is 23.9. The summed E-state index contributed by atoms with van der Waals surface area (Å²) in [6, 6.07) is 11.5. The van der Waals surface area contributed by atoms with Gasteiger partial charge in [0.05, 0.1) is 48.1 Å². The van der Waals surface area contributed by atoms with Crippen LogP contribution in [-0.2, 0) is 4.79 Å². The summed E-state index contributed by atoms with van der Waals surface area (Å²) in [5.41, 5.74) is 2.35. The highest BCUT2D eigenvalue weighted by molar-refractivity contribution is 5.95. The number of fused-ring (bicyclic) bond motifs is 2. The molecule has 1 aliphatic carbocycles. The number of ether oxygens (including phenoxy) is 2. The van der Waals surface area contributed by atoms with Gasteiger partial charge in [-0.2, -0.15) is 10.4 Å². The largest absolute Gasteiger partial charge is 0.489 e. The number of carbonyl (C=O) groups excluding carboxylic acids is 1. The quantitative estimate of drug-likeness (QED) is 0.346. The Morgan fingerprint density at radius 2 is 1.98 bits per heavy atom. The lowest BCUT2D eigenvalue weighted by atomic mass is 10.1. The Morgan fingerprint density at radius 3 is 2.60 bits per heavy atom. The van der Waals surface area contributed by atoms with Crippen molar-refractivity contribution in [3.05, 3.63) is 60.7 Å². The third-order valence-corrected chi connectivity index (χ3v) is 7.39. The van der Waals surface area contributed by atoms with Gasteiger partial charge in [0.1, 0.15) is 24.2 Å². The highest BCUT2D eigenvalue weighted by Gasteiger charge is 2.59. The molecule has 2 N–H and O–H groups in total. The molecule has 0 aromatic carbocycles. The molecule has 4 aromatic heterocycles. The molecule has 11 heteroatoms. The summed E-state index contributed by atoms with van der Waals surface area (Å²) >= 11 is 0. The molecular formula is C29H29N7O4. The molecule has 1 saturated carbocycles. The number of piperidine rings is 1. The van der Waals surface area contributed by atoms with Crippen LogP contribution in [0.3, 0.4) is 0 Å². The molecule has 40 heavy (non-hydrogen) atoms. The molecule has 1 saturated heterocycles. The zero-order chi connectivity index (χ0) is 28.0. The maximum atomic E-state index is 12.8. The summed E-state index contributed by atoms with van der Waals surface area (Å²) in [7, 11) is 1.55. The van der Waals surface area contributed by atoms with Crippen molar-refractivity contribution >= 4 is 22.9 Å². The third-order valence-electron chi connectivity index (χ3n) is 7.39. The van der Waals surface area contributed by atoms with Crippen LogP contribution in [0.1, 0.15) is 19.4 Å². The van der Waals surface area contributed by atoms with E-state index >= 15 is 0 Å². The molecule has 11 nitrogen and oxygen atoms in total. The summed E-state index contributed by atoms with van der Waals surface area (Å²) in [5, 5.41) is 27.0. The zero-order valence-electron chi connectivity index (χ0n) is 22.4. The van der Waals surface area contributed by atoms with E-state index in [0.29, 0.717) is 40.2 Å². The summed E-state index contributed by atoms with van der Waals surface area (Å²) < 4.78 is 12.5. The number of carbonyl (C=O) groups is 1. The molecule has 1 amide bonds. The Labute approximate surface area is 231 Å². The first kappa shape index (κ1) is 25.6. The number of nitriles is 1. The van der Waals surface area contributed by atoms with Crippen LogP contribution in [0.25, 0.3) is 16.6 Å². The van der Waals surface area contributed by atoms with Gasteiger partial charge in [-0.3, -0.25) is 4.79 Å². The summed E-state index contributed by atoms with van der Waals surface area (Å²) in [5.74, 6) is 2.47. The van der Waals surface area contributed by atoms with Crippen LogP contribution in [0.5, 0.6) is 11.6 Å². The van der Waals surface area contributed by atoms with Crippen LogP contribution in [0.2, 0.25) is 0 Å². The first-order chi connectivity index (χ1) is 19.2. The lowest BCUT2D eigenvalue weighted by Gasteiger charge is -2.21. The Bertz CT molecular complexity index is 1590. The van der Waals surface area contributed by atoms with Gasteiger partial charge in [0.2, 0.25) is 11.8 Å². The predicted molar refractivity (Wildman–Crippen MR) is 147 cm³/mol. The average Bonchev–Trinajstić information content (AvgIpc) is 3.24. The number of nitrogens with one attached hydrogen (secondary N) is 1. The van der Waals surface area contributed by atoms with Gasteiger partial charge in [0, 0.05) is 42.4 Å². The second-order valence-electron chi connectivity index (χ2n) is 10.9. The SMILES string of the molecule is COc1ccc(NC(=O)C2[C@H]3CN(c4ccc(-c5cc(OCC(C)(C)O)cn6ncc(C#N)c56)cn4)C[C@@H]23)cn1. The van der Waals surface area contributed by atoms with Crippen LogP contribution in [-0.4, -0.2) is 63.0 Å². The van der Waals surface area contributed by atoms with E-state index < -0.39 is 5.60 Å². The first-order valence-electron chi connectivity index (χ1n) is 13.0. The summed E-state index contributed by atoms with van der Waals surface area (Å²) in [6.07, 6.45) is 6.60. The average molecular weight is 540 g/mol. The fourth-order valence-corrected chi connectivity index (χ4v) is 5.37. The first-order valence-corrected chi connectivity index (χ1v) is 13.0. The molecule has 1 aliphatic heterocycles. The van der Waals surface area contributed by atoms with Gasteiger partial charge in [0.25, 0.3) is 0 Å². The molecule has 5 heterocycles. The van der Waals surface area contributed by atoms with Crippen LogP contribution < -0.4 is 19.7 Å². The number of amides is 1. The van der Waals surface area contributed by atoms with E-state index in [0.717, 1.165) is 30.0 Å². The number of hydrogen-bond acceptors (Lipinski definition) is 9. The summed E-state index contributed by atoms with van der Waals surface area (Å²) in [6.45, 7) is 4.98. The maximum Gasteiger partial charge on any atom is 0.228 e. The minimum absolute atomic E-state index is 0.0104. The molecule has 3 atom stereocenters. The predicted octanol–water partition coefficient (Wildman–Crippen LogP) is 3.14. The van der Waals surface area contributed by atoms with Gasteiger partial charge in [-0.15, -0.1) is 0 Å². The van der Waals surface area contributed by atoms with Crippen molar-refractivity contribution in [1.82, 2.24) is 19.6 Å². The van der Waals surface area contributed by atoms with Crippen molar-refractivity contribution in [2.24, 2.45) is 17.8 Å². The molecule has 2 fully saturated rings. The number of nitrogens with zero attached hydrogens (tertiary/aromatic N) is 6. The molecule has 2 aliphatic rings. The Kier molecular flexibility index (Phi) is 6.27. The second kappa shape index (κ2) is 9.81. The molecule has 6 rings (SSSR count). The Hall–Kier alpha value is -4.69. The standard InChI is InChI=1S/C29H29N7O4/c1-29(2,38)16-40-20-8-21(27-18(9-30)11-33-36(27)13-20)17-4-6-24(31-10-17)35-14-22-23(15-35)26(22)28(37)34-19-5-7-25(39-3)32-12-19/h4-8,10-13,22-23,26,38H,14-16H2,1-3H3,(H,34,37)/t22-,23+,26?. The van der Waals surface area contributed by atoms with E-state index in [9.17, 15) is 15.2 Å². The molecule has 0 bridgehead atoms. The Morgan fingerprint density at radius 1 is 1.18 bits per heavy atom. The van der Waals surface area contributed by atoms with Crippen molar-refractivity contribution < 1.29 is 19.4 Å². The number of anilines is 2. The molecule has 1 unspecified atom stereocenters. The van der Waals surface area contributed by atoms with E-state index in [1.165, 1.54) is 6.20 Å². The highest BCUT2D eigenvalue weighted by atomic mass is 16.5. The monoisotopic (exact) mass is 539 g/mol. The minimum atomic E-state index is -0.997. The lowest BCUT2D eigenvalue weighted by molar-refractivity contribution is -0.117. The normalized spacial score (nSPS) is 19.7. The fraction of sp³-hybridized carbons (Fsp3) is 0.345. The van der Waals surface area contributed by atoms with Crippen molar-refractivity contribution in [3.8, 4) is 28.8 Å². The van der Waals surface area contributed by atoms with Gasteiger partial charge >= 0.3 is 0 Å². The topological polar surface area (TPSA) is 138 Å². The van der Waals surface area contributed by atoms with Crippen LogP contribution >= 0.6 is 0 Å². The number of aromatic nitrogens is 4. The third kappa shape index (κ3) is 4.89. The number of methoxy groups -OCH3 is 1. The van der Waals surface area contributed by atoms with Crippen LogP contribution in [0, 0.1) is 29.1 Å². The minimum Gasteiger partial charge on any atom is -0.489 e. The number of pyridine rings is 3. The van der Waals surface area contributed by atoms with Crippen molar-refractivity contribution in [2.45, 2.75) is 19.4 Å². The Balaban J connectivity index is 1.15. The molecule has 0 radical (unpaired) electrons. The fourth-order valence-electron chi connectivity index (χ4n) is 5.37. The number of hydrogen-bond donors (Lipinski definition) is 2. The zero-order valence-corrected chi connectivity index (χ0v) is 22.4. The van der Waals surface area contributed by atoms with Gasteiger partial charge in [-0.1, -0.05) is 0 Å². The number of aliphatic hydroxyl groups is 1. The maximum absolute atomic E-state index is 12.8. The lowest BCUT2D eigenvalue weighted by Crippen LogP contribution is -2.28. The highest BCUT2D eigenvalue weighted by Crippen LogP contribution is 2.52. The van der Waals surface area contributed by atoms with E-state index in [-0.39, 0.29) is 18.4 Å². The van der Waals surface area contributed by atoms with Crippen molar-refractivity contribution in [2.75, 3.05) is 37.0 Å². The van der Waals surface area contributed by atoms with E-state index in [1.807, 2.05) is 18.2 Å². The molecule has 4 aromatic rings. The van der Waals surface area contributed by atoms with E-state index in [1.54, 1.807) is 56.2 Å². The smallest absolute Gasteiger partial charge is 0.228 e. The van der Waals surface area contributed by atoms with Gasteiger partial charge in [0.15, 0.2) is 0 Å². The van der Waals surface area contributed by atoms with Gasteiger partial charge in [-0.25, -0.2) is 14.5 Å². The number of rotatable bonds is 8. The van der Waals surface area contributed by atoms with Crippen molar-refractivity contribution in [1.29, 1.82) is 5.26 Å². The molecule has 204 valence electrons. The molecular weight excluding hydrogens is 510 g/mol. The van der Waals surface area contributed by atoms with E-state index in [2.05, 4.69) is 26.4 Å². The molecule has 0 spiro atoms. The van der Waals surface area contributed by atoms with Gasteiger partial charge in [-0.05, 0) is 49.9 Å². The van der Waals surface area contributed by atoms with Crippen molar-refractivity contribution in [3.63, 3.8) is 0 Å². The van der Waals surface area contributed by atoms with Crippen LogP contribution in [0.4, 0.5) is 11.5 Å². The second-order valence-corrected chi connectivity index (χ2v) is 10.9. The van der Waals surface area contributed by atoms with Gasteiger partial charge < -0.3 is 24.8 Å².